The Bertz CT molecular complexity index is 523. The Labute approximate surface area is 130 Å². The molecule has 0 bridgehead atoms. The van der Waals surface area contributed by atoms with Gasteiger partial charge in [0.1, 0.15) is 5.82 Å². The summed E-state index contributed by atoms with van der Waals surface area (Å²) >= 11 is 0. The predicted molar refractivity (Wildman–Crippen MR) is 81.7 cm³/mol. The molecular weight excluding hydrogens is 283 g/mol. The fraction of sp³-hybridized carbons (Fsp3) is 0.588. The summed E-state index contributed by atoms with van der Waals surface area (Å²) in [6.45, 7) is 0.0350. The van der Waals surface area contributed by atoms with Crippen molar-refractivity contribution in [2.75, 3.05) is 6.54 Å². The maximum absolute atomic E-state index is 13.6. The van der Waals surface area contributed by atoms with Crippen LogP contribution in [0.1, 0.15) is 43.8 Å². The van der Waals surface area contributed by atoms with E-state index in [0.29, 0.717) is 12.0 Å². The molecule has 0 aromatic heterocycles. The summed E-state index contributed by atoms with van der Waals surface area (Å²) in [5, 5.41) is 16.2. The van der Waals surface area contributed by atoms with Gasteiger partial charge in [0.05, 0.1) is 12.1 Å². The zero-order chi connectivity index (χ0) is 15.5. The summed E-state index contributed by atoms with van der Waals surface area (Å²) < 4.78 is 13.6. The van der Waals surface area contributed by atoms with E-state index in [1.165, 1.54) is 31.4 Å². The van der Waals surface area contributed by atoms with Crippen molar-refractivity contribution in [3.05, 3.63) is 35.6 Å². The maximum Gasteiger partial charge on any atom is 0.237 e. The van der Waals surface area contributed by atoms with E-state index in [9.17, 15) is 14.3 Å². The number of halogens is 1. The lowest BCUT2D eigenvalue weighted by molar-refractivity contribution is -0.123. The van der Waals surface area contributed by atoms with Crippen LogP contribution in [0.3, 0.4) is 0 Å². The van der Waals surface area contributed by atoms with Gasteiger partial charge in [-0.3, -0.25) is 4.79 Å². The van der Waals surface area contributed by atoms with Gasteiger partial charge in [0.2, 0.25) is 5.91 Å². The second kappa shape index (κ2) is 6.75. The standard InChI is InChI=1S/C17H23FN2O2/c18-13-7-3-2-6-12(13)16(21)10-19-17(22)15-9-11-5-1-4-8-14(11)20-15/h2-3,6-7,11,14-16,20-21H,1,4-5,8-10H2,(H,19,22)/t11-,14-,15+,16+/m1/s1. The Kier molecular flexibility index (Phi) is 4.74. The molecule has 3 N–H and O–H groups in total. The number of rotatable bonds is 4. The van der Waals surface area contributed by atoms with Crippen LogP contribution in [0, 0.1) is 11.7 Å². The highest BCUT2D eigenvalue weighted by atomic mass is 19.1. The molecule has 1 saturated carbocycles. The summed E-state index contributed by atoms with van der Waals surface area (Å²) in [5.74, 6) is 0.0556. The summed E-state index contributed by atoms with van der Waals surface area (Å²) in [5.41, 5.74) is 0.218. The molecule has 1 aliphatic heterocycles. The van der Waals surface area contributed by atoms with Crippen LogP contribution in [0.25, 0.3) is 0 Å². The van der Waals surface area contributed by atoms with Gasteiger partial charge in [-0.1, -0.05) is 31.0 Å². The van der Waals surface area contributed by atoms with Crippen molar-refractivity contribution in [1.82, 2.24) is 10.6 Å². The number of fused-ring (bicyclic) bond motifs is 1. The van der Waals surface area contributed by atoms with E-state index in [2.05, 4.69) is 10.6 Å². The number of carbonyl (C=O) groups is 1. The van der Waals surface area contributed by atoms with Crippen LogP contribution >= 0.6 is 0 Å². The van der Waals surface area contributed by atoms with Gasteiger partial charge in [0.15, 0.2) is 0 Å². The van der Waals surface area contributed by atoms with Gasteiger partial charge in [-0.05, 0) is 31.2 Å². The van der Waals surface area contributed by atoms with E-state index in [-0.39, 0.29) is 24.1 Å². The van der Waals surface area contributed by atoms with E-state index in [0.717, 1.165) is 12.8 Å². The number of amides is 1. The van der Waals surface area contributed by atoms with E-state index >= 15 is 0 Å². The number of benzene rings is 1. The molecule has 1 saturated heterocycles. The van der Waals surface area contributed by atoms with Gasteiger partial charge in [-0.2, -0.15) is 0 Å². The van der Waals surface area contributed by atoms with Crippen LogP contribution in [-0.4, -0.2) is 29.6 Å². The van der Waals surface area contributed by atoms with Gasteiger partial charge < -0.3 is 15.7 Å². The van der Waals surface area contributed by atoms with Crippen molar-refractivity contribution >= 4 is 5.91 Å². The fourth-order valence-electron chi connectivity index (χ4n) is 3.70. The van der Waals surface area contributed by atoms with Gasteiger partial charge in [-0.25, -0.2) is 4.39 Å². The number of carbonyl (C=O) groups excluding carboxylic acids is 1. The monoisotopic (exact) mass is 306 g/mol. The van der Waals surface area contributed by atoms with E-state index in [4.69, 9.17) is 0 Å². The average Bonchev–Trinajstić information content (AvgIpc) is 2.97. The highest BCUT2D eigenvalue weighted by Gasteiger charge is 2.38. The van der Waals surface area contributed by atoms with Crippen molar-refractivity contribution in [3.63, 3.8) is 0 Å². The molecule has 1 heterocycles. The smallest absolute Gasteiger partial charge is 0.237 e. The molecule has 0 unspecified atom stereocenters. The Morgan fingerprint density at radius 2 is 2.14 bits per heavy atom. The molecule has 3 rings (SSSR count). The van der Waals surface area contributed by atoms with Gasteiger partial charge in [0, 0.05) is 18.2 Å². The molecule has 1 aromatic rings. The average molecular weight is 306 g/mol. The summed E-state index contributed by atoms with van der Waals surface area (Å²) in [4.78, 5) is 12.2. The number of nitrogens with one attached hydrogen (secondary N) is 2. The van der Waals surface area contributed by atoms with Crippen molar-refractivity contribution in [2.24, 2.45) is 5.92 Å². The fourth-order valence-corrected chi connectivity index (χ4v) is 3.70. The molecule has 1 amide bonds. The molecule has 0 spiro atoms. The number of hydrogen-bond donors (Lipinski definition) is 3. The Morgan fingerprint density at radius 3 is 2.91 bits per heavy atom. The Hall–Kier alpha value is -1.46. The number of aliphatic hydroxyl groups excluding tert-OH is 1. The topological polar surface area (TPSA) is 61.4 Å². The molecule has 4 nitrogen and oxygen atoms in total. The molecule has 5 heteroatoms. The largest absolute Gasteiger partial charge is 0.386 e. The zero-order valence-electron chi connectivity index (χ0n) is 12.6. The van der Waals surface area contributed by atoms with Crippen LogP contribution in [0.5, 0.6) is 0 Å². The number of hydrogen-bond acceptors (Lipinski definition) is 3. The molecule has 0 radical (unpaired) electrons. The quantitative estimate of drug-likeness (QED) is 0.796. The minimum absolute atomic E-state index is 0.0350. The molecule has 4 atom stereocenters. The maximum atomic E-state index is 13.6. The molecule has 1 aromatic carbocycles. The molecule has 1 aliphatic carbocycles. The van der Waals surface area contributed by atoms with Crippen LogP contribution in [0.2, 0.25) is 0 Å². The van der Waals surface area contributed by atoms with Crippen molar-refractivity contribution in [2.45, 2.75) is 50.3 Å². The summed E-state index contributed by atoms with van der Waals surface area (Å²) in [7, 11) is 0. The highest BCUT2D eigenvalue weighted by molar-refractivity contribution is 5.82. The lowest BCUT2D eigenvalue weighted by atomic mass is 9.85. The lowest BCUT2D eigenvalue weighted by Crippen LogP contribution is -2.44. The molecule has 2 fully saturated rings. The van der Waals surface area contributed by atoms with Crippen LogP contribution < -0.4 is 10.6 Å². The highest BCUT2D eigenvalue weighted by Crippen LogP contribution is 2.33. The Balaban J connectivity index is 1.51. The van der Waals surface area contributed by atoms with Gasteiger partial charge in [-0.15, -0.1) is 0 Å². The van der Waals surface area contributed by atoms with E-state index in [1.807, 2.05) is 0 Å². The first kappa shape index (κ1) is 15.4. The molecule has 22 heavy (non-hydrogen) atoms. The van der Waals surface area contributed by atoms with E-state index in [1.54, 1.807) is 12.1 Å². The minimum atomic E-state index is -1.02. The first-order valence-corrected chi connectivity index (χ1v) is 8.11. The lowest BCUT2D eigenvalue weighted by Gasteiger charge is -2.24. The molecular formula is C17H23FN2O2. The van der Waals surface area contributed by atoms with E-state index < -0.39 is 11.9 Å². The minimum Gasteiger partial charge on any atom is -0.386 e. The third kappa shape index (κ3) is 3.31. The third-order valence-electron chi connectivity index (χ3n) is 4.91. The normalized spacial score (nSPS) is 28.9. The van der Waals surface area contributed by atoms with Crippen molar-refractivity contribution < 1.29 is 14.3 Å². The molecule has 2 aliphatic rings. The second-order valence-corrected chi connectivity index (χ2v) is 6.39. The van der Waals surface area contributed by atoms with Crippen LogP contribution in [0.15, 0.2) is 24.3 Å². The Morgan fingerprint density at radius 1 is 1.36 bits per heavy atom. The third-order valence-corrected chi connectivity index (χ3v) is 4.91. The predicted octanol–water partition coefficient (Wildman–Crippen LogP) is 1.90. The number of aliphatic hydroxyl groups is 1. The van der Waals surface area contributed by atoms with Crippen molar-refractivity contribution in [3.8, 4) is 0 Å². The zero-order valence-corrected chi connectivity index (χ0v) is 12.6. The summed E-state index contributed by atoms with van der Waals surface area (Å²) in [6.07, 6.45) is 4.67. The first-order valence-electron chi connectivity index (χ1n) is 8.11. The second-order valence-electron chi connectivity index (χ2n) is 6.39. The van der Waals surface area contributed by atoms with Gasteiger partial charge in [0.25, 0.3) is 0 Å². The van der Waals surface area contributed by atoms with Crippen LogP contribution in [0.4, 0.5) is 4.39 Å². The SMILES string of the molecule is O=C(NC[C@H](O)c1ccccc1F)[C@@H]1C[C@H]2CCCC[C@H]2N1. The van der Waals surface area contributed by atoms with Crippen LogP contribution in [-0.2, 0) is 4.79 Å². The van der Waals surface area contributed by atoms with Gasteiger partial charge >= 0.3 is 0 Å². The summed E-state index contributed by atoms with van der Waals surface area (Å²) in [6, 6.07) is 6.38. The first-order chi connectivity index (χ1) is 10.6. The molecule has 120 valence electrons. The van der Waals surface area contributed by atoms with Crippen molar-refractivity contribution in [1.29, 1.82) is 0 Å².